The normalized spacial score (nSPS) is 18.7. The van der Waals surface area contributed by atoms with Gasteiger partial charge in [0.25, 0.3) is 5.91 Å². The smallest absolute Gasteiger partial charge is 0.253 e. The maximum absolute atomic E-state index is 12.3. The van der Waals surface area contributed by atoms with Gasteiger partial charge in [-0.1, -0.05) is 6.92 Å². The van der Waals surface area contributed by atoms with Crippen LogP contribution in [-0.2, 0) is 0 Å². The molecule has 0 saturated carbocycles. The number of hydrogen-bond acceptors (Lipinski definition) is 3. The van der Waals surface area contributed by atoms with Crippen LogP contribution in [0.15, 0.2) is 18.3 Å². The van der Waals surface area contributed by atoms with Crippen molar-refractivity contribution in [1.29, 1.82) is 0 Å². The first-order chi connectivity index (χ1) is 8.54. The number of hydrogen-bond donors (Lipinski definition) is 1. The minimum atomic E-state index is 0.111. The van der Waals surface area contributed by atoms with Gasteiger partial charge in [-0.15, -0.1) is 0 Å². The molecule has 0 spiro atoms. The number of aromatic nitrogens is 1. The number of amides is 1. The highest BCUT2D eigenvalue weighted by molar-refractivity contribution is 5.94. The minimum absolute atomic E-state index is 0.111. The van der Waals surface area contributed by atoms with Crippen molar-refractivity contribution >= 4 is 5.91 Å². The number of rotatable bonds is 2. The van der Waals surface area contributed by atoms with Crippen LogP contribution >= 0.6 is 0 Å². The summed E-state index contributed by atoms with van der Waals surface area (Å²) < 4.78 is 0. The van der Waals surface area contributed by atoms with Gasteiger partial charge in [0, 0.05) is 30.5 Å². The van der Waals surface area contributed by atoms with Crippen molar-refractivity contribution < 1.29 is 4.79 Å². The average Bonchev–Trinajstić information content (AvgIpc) is 2.39. The summed E-state index contributed by atoms with van der Waals surface area (Å²) >= 11 is 0. The molecule has 0 unspecified atom stereocenters. The molecule has 0 bridgehead atoms. The summed E-state index contributed by atoms with van der Waals surface area (Å²) in [7, 11) is 0. The van der Waals surface area contributed by atoms with Crippen molar-refractivity contribution in [2.45, 2.75) is 26.7 Å². The highest BCUT2D eigenvalue weighted by Crippen LogP contribution is 2.29. The molecule has 2 rings (SSSR count). The molecule has 2 N–H and O–H groups in total. The van der Waals surface area contributed by atoms with Gasteiger partial charge in [0.1, 0.15) is 0 Å². The van der Waals surface area contributed by atoms with Gasteiger partial charge in [-0.2, -0.15) is 0 Å². The number of likely N-dealkylation sites (tertiary alicyclic amines) is 1. The first-order valence-electron chi connectivity index (χ1n) is 6.46. The Morgan fingerprint density at radius 1 is 1.50 bits per heavy atom. The molecule has 18 heavy (non-hydrogen) atoms. The molecule has 1 aliphatic rings. The summed E-state index contributed by atoms with van der Waals surface area (Å²) in [5, 5.41) is 0. The van der Waals surface area contributed by atoms with Gasteiger partial charge in [0.2, 0.25) is 0 Å². The van der Waals surface area contributed by atoms with E-state index >= 15 is 0 Å². The number of carbonyl (C=O) groups excluding carboxylic acids is 1. The van der Waals surface area contributed by atoms with Crippen LogP contribution in [0.1, 0.15) is 35.8 Å². The van der Waals surface area contributed by atoms with Crippen LogP contribution in [0, 0.1) is 12.3 Å². The Labute approximate surface area is 108 Å². The van der Waals surface area contributed by atoms with Crippen molar-refractivity contribution in [3.63, 3.8) is 0 Å². The lowest BCUT2D eigenvalue weighted by molar-refractivity contribution is 0.0617. The fourth-order valence-corrected chi connectivity index (χ4v) is 2.31. The molecule has 98 valence electrons. The summed E-state index contributed by atoms with van der Waals surface area (Å²) in [6.07, 6.45) is 3.66. The lowest BCUT2D eigenvalue weighted by atomic mass is 9.80. The molecule has 1 amide bonds. The van der Waals surface area contributed by atoms with E-state index in [1.54, 1.807) is 12.3 Å². The molecule has 2 heterocycles. The first-order valence-corrected chi connectivity index (χ1v) is 6.46. The van der Waals surface area contributed by atoms with E-state index in [9.17, 15) is 4.79 Å². The van der Waals surface area contributed by atoms with Crippen molar-refractivity contribution in [2.24, 2.45) is 11.1 Å². The van der Waals surface area contributed by atoms with Gasteiger partial charge in [0.05, 0.1) is 0 Å². The molecule has 4 nitrogen and oxygen atoms in total. The van der Waals surface area contributed by atoms with Crippen LogP contribution in [-0.4, -0.2) is 35.4 Å². The molecule has 1 fully saturated rings. The fraction of sp³-hybridized carbons (Fsp3) is 0.571. The molecular formula is C14H21N3O. The van der Waals surface area contributed by atoms with Crippen LogP contribution < -0.4 is 5.73 Å². The van der Waals surface area contributed by atoms with Crippen molar-refractivity contribution in [2.75, 3.05) is 19.6 Å². The van der Waals surface area contributed by atoms with Gasteiger partial charge in [-0.3, -0.25) is 9.78 Å². The van der Waals surface area contributed by atoms with Crippen LogP contribution in [0.2, 0.25) is 0 Å². The Morgan fingerprint density at radius 3 is 2.72 bits per heavy atom. The number of nitrogens with two attached hydrogens (primary N) is 1. The molecule has 0 atom stereocenters. The molecular weight excluding hydrogens is 226 g/mol. The number of carbonyl (C=O) groups is 1. The topological polar surface area (TPSA) is 59.2 Å². The fourth-order valence-electron chi connectivity index (χ4n) is 2.31. The monoisotopic (exact) mass is 247 g/mol. The minimum Gasteiger partial charge on any atom is -0.339 e. The van der Waals surface area contributed by atoms with Gasteiger partial charge in [-0.05, 0) is 43.9 Å². The highest BCUT2D eigenvalue weighted by Gasteiger charge is 2.30. The third-order valence-corrected chi connectivity index (χ3v) is 3.89. The first kappa shape index (κ1) is 13.0. The number of piperidine rings is 1. The Bertz CT molecular complexity index is 436. The van der Waals surface area contributed by atoms with Crippen LogP contribution in [0.5, 0.6) is 0 Å². The van der Waals surface area contributed by atoms with Gasteiger partial charge in [0.15, 0.2) is 0 Å². The summed E-state index contributed by atoms with van der Waals surface area (Å²) in [4.78, 5) is 18.4. The van der Waals surface area contributed by atoms with Crippen LogP contribution in [0.25, 0.3) is 0 Å². The van der Waals surface area contributed by atoms with Crippen molar-refractivity contribution in [3.8, 4) is 0 Å². The van der Waals surface area contributed by atoms with Crippen molar-refractivity contribution in [3.05, 3.63) is 29.6 Å². The van der Waals surface area contributed by atoms with E-state index in [4.69, 9.17) is 5.73 Å². The SMILES string of the molecule is Cc1cc(C(=O)N2CCC(C)(CN)CC2)ccn1. The quantitative estimate of drug-likeness (QED) is 0.863. The molecule has 1 aliphatic heterocycles. The Kier molecular flexibility index (Phi) is 3.66. The molecule has 0 aromatic carbocycles. The van der Waals surface area contributed by atoms with Gasteiger partial charge < -0.3 is 10.6 Å². The zero-order valence-electron chi connectivity index (χ0n) is 11.1. The van der Waals surface area contributed by atoms with E-state index in [1.807, 2.05) is 17.9 Å². The maximum atomic E-state index is 12.3. The standard InChI is InChI=1S/C14H21N3O/c1-11-9-12(3-6-16-11)13(18)17-7-4-14(2,10-15)5-8-17/h3,6,9H,4-5,7-8,10,15H2,1-2H3. The van der Waals surface area contributed by atoms with Crippen molar-refractivity contribution in [1.82, 2.24) is 9.88 Å². The Morgan fingerprint density at radius 2 is 2.17 bits per heavy atom. The number of nitrogens with zero attached hydrogens (tertiary/aromatic N) is 2. The molecule has 1 saturated heterocycles. The van der Waals surface area contributed by atoms with Crippen LogP contribution in [0.3, 0.4) is 0 Å². The van der Waals surface area contributed by atoms with Gasteiger partial charge in [-0.25, -0.2) is 0 Å². The highest BCUT2D eigenvalue weighted by atomic mass is 16.2. The second-order valence-electron chi connectivity index (χ2n) is 5.49. The second-order valence-corrected chi connectivity index (χ2v) is 5.49. The predicted octanol–water partition coefficient (Wildman–Crippen LogP) is 1.59. The van der Waals surface area contributed by atoms with E-state index in [2.05, 4.69) is 11.9 Å². The summed E-state index contributed by atoms with van der Waals surface area (Å²) in [6, 6.07) is 3.63. The summed E-state index contributed by atoms with van der Waals surface area (Å²) in [5.74, 6) is 0.111. The molecule has 4 heteroatoms. The third kappa shape index (κ3) is 2.70. The second kappa shape index (κ2) is 5.06. The zero-order chi connectivity index (χ0) is 13.2. The van der Waals surface area contributed by atoms with E-state index in [0.717, 1.165) is 37.2 Å². The van der Waals surface area contributed by atoms with E-state index < -0.39 is 0 Å². The molecule has 1 aromatic rings. The number of aryl methyl sites for hydroxylation is 1. The average molecular weight is 247 g/mol. The van der Waals surface area contributed by atoms with Crippen LogP contribution in [0.4, 0.5) is 0 Å². The maximum Gasteiger partial charge on any atom is 0.253 e. The van der Waals surface area contributed by atoms with E-state index in [1.165, 1.54) is 0 Å². The summed E-state index contributed by atoms with van der Waals surface area (Å²) in [5.41, 5.74) is 7.59. The largest absolute Gasteiger partial charge is 0.339 e. The van der Waals surface area contributed by atoms with E-state index in [0.29, 0.717) is 6.54 Å². The zero-order valence-corrected chi connectivity index (χ0v) is 11.1. The summed E-state index contributed by atoms with van der Waals surface area (Å²) in [6.45, 7) is 6.40. The van der Waals surface area contributed by atoms with Gasteiger partial charge >= 0.3 is 0 Å². The molecule has 0 radical (unpaired) electrons. The Balaban J connectivity index is 2.04. The predicted molar refractivity (Wildman–Crippen MR) is 71.3 cm³/mol. The molecule has 0 aliphatic carbocycles. The molecule has 1 aromatic heterocycles. The third-order valence-electron chi connectivity index (χ3n) is 3.89. The lowest BCUT2D eigenvalue weighted by Gasteiger charge is -2.38. The van der Waals surface area contributed by atoms with E-state index in [-0.39, 0.29) is 11.3 Å². The lowest BCUT2D eigenvalue weighted by Crippen LogP contribution is -2.44. The Hall–Kier alpha value is -1.42. The number of pyridine rings is 1.